The Balaban J connectivity index is 1.88. The summed E-state index contributed by atoms with van der Waals surface area (Å²) in [5.74, 6) is 0.362. The van der Waals surface area contributed by atoms with Crippen molar-refractivity contribution in [3.05, 3.63) is 12.2 Å². The van der Waals surface area contributed by atoms with Gasteiger partial charge >= 0.3 is 0 Å². The molecule has 2 rings (SSSR count). The van der Waals surface area contributed by atoms with Crippen LogP contribution in [-0.4, -0.2) is 28.3 Å². The van der Waals surface area contributed by atoms with Crippen LogP contribution < -0.4 is 5.32 Å². The summed E-state index contributed by atoms with van der Waals surface area (Å²) in [6, 6.07) is -0.259. The molecular formula is C10H15N3O3. The van der Waals surface area contributed by atoms with E-state index in [0.717, 1.165) is 12.8 Å². The van der Waals surface area contributed by atoms with E-state index < -0.39 is 0 Å². The fraction of sp³-hybridized carbons (Fsp3) is 0.700. The SMILES string of the molecule is CC1CCC(C(=O)NC(C)c2ncon2)O1. The van der Waals surface area contributed by atoms with Crippen molar-refractivity contribution in [1.82, 2.24) is 15.5 Å². The standard InChI is InChI=1S/C10H15N3O3/c1-6-3-4-8(16-6)10(14)12-7(2)9-11-5-15-13-9/h5-8H,3-4H2,1-2H3,(H,12,14). The van der Waals surface area contributed by atoms with Gasteiger partial charge < -0.3 is 14.6 Å². The molecule has 1 saturated heterocycles. The third kappa shape index (κ3) is 2.38. The summed E-state index contributed by atoms with van der Waals surface area (Å²) in [5.41, 5.74) is 0. The number of nitrogens with one attached hydrogen (secondary N) is 1. The summed E-state index contributed by atoms with van der Waals surface area (Å²) in [6.45, 7) is 3.77. The van der Waals surface area contributed by atoms with E-state index in [-0.39, 0.29) is 24.2 Å². The molecule has 16 heavy (non-hydrogen) atoms. The Hall–Kier alpha value is -1.43. The molecule has 1 N–H and O–H groups in total. The highest BCUT2D eigenvalue weighted by Gasteiger charge is 2.29. The molecule has 6 nitrogen and oxygen atoms in total. The number of carbonyl (C=O) groups excluding carboxylic acids is 1. The van der Waals surface area contributed by atoms with E-state index in [9.17, 15) is 4.79 Å². The van der Waals surface area contributed by atoms with Crippen LogP contribution in [-0.2, 0) is 9.53 Å². The first-order valence-electron chi connectivity index (χ1n) is 5.39. The van der Waals surface area contributed by atoms with Gasteiger partial charge in [-0.05, 0) is 26.7 Å². The van der Waals surface area contributed by atoms with Crippen molar-refractivity contribution in [2.45, 2.75) is 44.9 Å². The van der Waals surface area contributed by atoms with Gasteiger partial charge in [0, 0.05) is 0 Å². The molecule has 1 aromatic rings. The Morgan fingerprint density at radius 1 is 1.62 bits per heavy atom. The zero-order valence-electron chi connectivity index (χ0n) is 9.34. The van der Waals surface area contributed by atoms with Crippen LogP contribution in [0, 0.1) is 0 Å². The van der Waals surface area contributed by atoms with Crippen LogP contribution >= 0.6 is 0 Å². The van der Waals surface area contributed by atoms with Crippen LogP contribution in [0.1, 0.15) is 38.6 Å². The second-order valence-corrected chi connectivity index (χ2v) is 4.03. The largest absolute Gasteiger partial charge is 0.365 e. The van der Waals surface area contributed by atoms with E-state index in [1.54, 1.807) is 6.92 Å². The first kappa shape index (κ1) is 11.1. The van der Waals surface area contributed by atoms with E-state index in [1.165, 1.54) is 6.39 Å². The topological polar surface area (TPSA) is 77.3 Å². The minimum Gasteiger partial charge on any atom is -0.365 e. The summed E-state index contributed by atoms with van der Waals surface area (Å²) >= 11 is 0. The van der Waals surface area contributed by atoms with Crippen LogP contribution in [0.25, 0.3) is 0 Å². The van der Waals surface area contributed by atoms with E-state index >= 15 is 0 Å². The molecule has 1 amide bonds. The second kappa shape index (κ2) is 4.61. The van der Waals surface area contributed by atoms with E-state index in [2.05, 4.69) is 20.0 Å². The van der Waals surface area contributed by atoms with Crippen LogP contribution in [0.5, 0.6) is 0 Å². The first-order chi connectivity index (χ1) is 7.66. The van der Waals surface area contributed by atoms with Gasteiger partial charge in [0.1, 0.15) is 6.10 Å². The maximum Gasteiger partial charge on any atom is 0.249 e. The number of rotatable bonds is 3. The van der Waals surface area contributed by atoms with Gasteiger partial charge in [0.15, 0.2) is 5.82 Å². The Bertz CT molecular complexity index is 352. The molecule has 0 radical (unpaired) electrons. The lowest BCUT2D eigenvalue weighted by molar-refractivity contribution is -0.132. The number of amides is 1. The van der Waals surface area contributed by atoms with Gasteiger partial charge in [-0.3, -0.25) is 4.79 Å². The molecule has 3 unspecified atom stereocenters. The lowest BCUT2D eigenvalue weighted by Crippen LogP contribution is -2.36. The van der Waals surface area contributed by atoms with Crippen molar-refractivity contribution >= 4 is 5.91 Å². The minimum atomic E-state index is -0.343. The van der Waals surface area contributed by atoms with Crippen LogP contribution in [0.2, 0.25) is 0 Å². The smallest absolute Gasteiger partial charge is 0.249 e. The Kier molecular flexibility index (Phi) is 3.19. The monoisotopic (exact) mass is 225 g/mol. The molecule has 88 valence electrons. The molecule has 1 aromatic heterocycles. The lowest BCUT2D eigenvalue weighted by Gasteiger charge is -2.14. The fourth-order valence-corrected chi connectivity index (χ4v) is 1.74. The van der Waals surface area contributed by atoms with Crippen molar-refractivity contribution in [3.63, 3.8) is 0 Å². The van der Waals surface area contributed by atoms with Crippen molar-refractivity contribution < 1.29 is 14.1 Å². The zero-order valence-corrected chi connectivity index (χ0v) is 9.34. The number of hydrogen-bond acceptors (Lipinski definition) is 5. The predicted octanol–water partition coefficient (Wildman–Crippen LogP) is 0.814. The summed E-state index contributed by atoms with van der Waals surface area (Å²) in [6.07, 6.45) is 2.76. The van der Waals surface area contributed by atoms with Gasteiger partial charge in [0.25, 0.3) is 0 Å². The minimum absolute atomic E-state index is 0.110. The molecule has 0 aromatic carbocycles. The summed E-state index contributed by atoms with van der Waals surface area (Å²) in [4.78, 5) is 15.7. The van der Waals surface area contributed by atoms with E-state index in [4.69, 9.17) is 4.74 Å². The maximum atomic E-state index is 11.8. The lowest BCUT2D eigenvalue weighted by atomic mass is 10.2. The molecule has 1 aliphatic heterocycles. The summed E-state index contributed by atoms with van der Waals surface area (Å²) in [5, 5.41) is 6.46. The number of aromatic nitrogens is 2. The molecule has 0 aliphatic carbocycles. The van der Waals surface area contributed by atoms with E-state index in [0.29, 0.717) is 5.82 Å². The first-order valence-corrected chi connectivity index (χ1v) is 5.39. The maximum absolute atomic E-state index is 11.8. The molecular weight excluding hydrogens is 210 g/mol. The quantitative estimate of drug-likeness (QED) is 0.823. The van der Waals surface area contributed by atoms with Crippen LogP contribution in [0.4, 0.5) is 0 Å². The number of nitrogens with zero attached hydrogens (tertiary/aromatic N) is 2. The van der Waals surface area contributed by atoms with Crippen LogP contribution in [0.15, 0.2) is 10.9 Å². The van der Waals surface area contributed by atoms with Gasteiger partial charge in [0.05, 0.1) is 12.1 Å². The molecule has 0 bridgehead atoms. The third-order valence-corrected chi connectivity index (χ3v) is 2.65. The van der Waals surface area contributed by atoms with Gasteiger partial charge in [-0.1, -0.05) is 5.16 Å². The predicted molar refractivity (Wildman–Crippen MR) is 54.4 cm³/mol. The molecule has 6 heteroatoms. The average molecular weight is 225 g/mol. The average Bonchev–Trinajstić information content (AvgIpc) is 2.87. The highest BCUT2D eigenvalue weighted by molar-refractivity contribution is 5.81. The highest BCUT2D eigenvalue weighted by Crippen LogP contribution is 2.19. The van der Waals surface area contributed by atoms with Crippen LogP contribution in [0.3, 0.4) is 0 Å². The van der Waals surface area contributed by atoms with Gasteiger partial charge in [0.2, 0.25) is 12.3 Å². The van der Waals surface area contributed by atoms with Gasteiger partial charge in [-0.25, -0.2) is 0 Å². The van der Waals surface area contributed by atoms with Crippen molar-refractivity contribution in [1.29, 1.82) is 0 Å². The Morgan fingerprint density at radius 2 is 2.44 bits per heavy atom. The Morgan fingerprint density at radius 3 is 3.00 bits per heavy atom. The number of hydrogen-bond donors (Lipinski definition) is 1. The molecule has 3 atom stereocenters. The normalized spacial score (nSPS) is 26.6. The van der Waals surface area contributed by atoms with E-state index in [1.807, 2.05) is 6.92 Å². The number of carbonyl (C=O) groups is 1. The van der Waals surface area contributed by atoms with Crippen molar-refractivity contribution in [2.24, 2.45) is 0 Å². The third-order valence-electron chi connectivity index (χ3n) is 2.65. The molecule has 2 heterocycles. The van der Waals surface area contributed by atoms with Crippen molar-refractivity contribution in [3.8, 4) is 0 Å². The number of ether oxygens (including phenoxy) is 1. The van der Waals surface area contributed by atoms with Gasteiger partial charge in [-0.2, -0.15) is 4.98 Å². The zero-order chi connectivity index (χ0) is 11.5. The highest BCUT2D eigenvalue weighted by atomic mass is 16.5. The van der Waals surface area contributed by atoms with Gasteiger partial charge in [-0.15, -0.1) is 0 Å². The summed E-state index contributed by atoms with van der Waals surface area (Å²) < 4.78 is 10.1. The summed E-state index contributed by atoms with van der Waals surface area (Å²) in [7, 11) is 0. The molecule has 0 saturated carbocycles. The Labute approximate surface area is 93.4 Å². The molecule has 0 spiro atoms. The fourth-order valence-electron chi connectivity index (χ4n) is 1.74. The molecule has 1 fully saturated rings. The second-order valence-electron chi connectivity index (χ2n) is 4.03. The molecule has 1 aliphatic rings. The van der Waals surface area contributed by atoms with Crippen molar-refractivity contribution in [2.75, 3.05) is 0 Å².